The zero-order valence-corrected chi connectivity index (χ0v) is 23.3. The van der Waals surface area contributed by atoms with Crippen LogP contribution in [0.3, 0.4) is 0 Å². The van der Waals surface area contributed by atoms with Gasteiger partial charge in [-0.2, -0.15) is 0 Å². The van der Waals surface area contributed by atoms with E-state index in [0.717, 1.165) is 22.4 Å². The lowest BCUT2D eigenvalue weighted by molar-refractivity contribution is -0.143. The van der Waals surface area contributed by atoms with Gasteiger partial charge in [0.1, 0.15) is 30.8 Å². The molecule has 11 nitrogen and oxygen atoms in total. The minimum Gasteiger partial charge on any atom is -0.489 e. The third-order valence-corrected chi connectivity index (χ3v) is 6.64. The number of rotatable bonds is 18. The van der Waals surface area contributed by atoms with Crippen LogP contribution in [0.1, 0.15) is 29.5 Å². The first-order valence-corrected chi connectivity index (χ1v) is 14.4. The topological polar surface area (TPSA) is 164 Å². The molecule has 1 unspecified atom stereocenters. The lowest BCUT2D eigenvalue weighted by Crippen LogP contribution is -2.34. The molecule has 0 aliphatic rings. The van der Waals surface area contributed by atoms with Gasteiger partial charge in [0.15, 0.2) is 0 Å². The number of carbonyl (C=O) groups is 2. The van der Waals surface area contributed by atoms with E-state index in [4.69, 9.17) is 29.6 Å². The Morgan fingerprint density at radius 2 is 1.56 bits per heavy atom. The van der Waals surface area contributed by atoms with E-state index in [1.54, 1.807) is 0 Å². The van der Waals surface area contributed by atoms with Crippen LogP contribution in [0.2, 0.25) is 0 Å². The monoisotopic (exact) mass is 587 g/mol. The maximum Gasteiger partial charge on any atom is 0.472 e. The molecule has 2 atom stereocenters. The maximum absolute atomic E-state index is 12.2. The van der Waals surface area contributed by atoms with Crippen LogP contribution in [-0.4, -0.2) is 47.8 Å². The average molecular weight is 588 g/mol. The number of carbonyl (C=O) groups excluding carboxylic acids is 1. The molecule has 12 heteroatoms. The highest BCUT2D eigenvalue weighted by molar-refractivity contribution is 7.47. The Hall–Kier alpha value is -3.73. The van der Waals surface area contributed by atoms with Crippen molar-refractivity contribution in [3.05, 3.63) is 95.6 Å². The first kappa shape index (κ1) is 31.8. The zero-order valence-electron chi connectivity index (χ0n) is 22.4. The predicted octanol–water partition coefficient (Wildman–Crippen LogP) is 4.26. The lowest BCUT2D eigenvalue weighted by Gasteiger charge is -2.14. The molecule has 0 aromatic heterocycles. The van der Waals surface area contributed by atoms with Crippen molar-refractivity contribution in [3.63, 3.8) is 0 Å². The zero-order chi connectivity index (χ0) is 29.5. The SMILES string of the molecule is N[C@@H](COP(=O)(O)OCCCOC(=O)CCc1ccccc1OCc1cccc(OCc2ccccc2)c1)C(=O)O. The summed E-state index contributed by atoms with van der Waals surface area (Å²) in [5.74, 6) is -0.418. The number of aryl methyl sites for hydroxylation is 1. The van der Waals surface area contributed by atoms with Crippen molar-refractivity contribution in [1.82, 2.24) is 0 Å². The van der Waals surface area contributed by atoms with Crippen molar-refractivity contribution in [2.75, 3.05) is 19.8 Å². The number of para-hydroxylation sites is 1. The largest absolute Gasteiger partial charge is 0.489 e. The van der Waals surface area contributed by atoms with Crippen molar-refractivity contribution in [2.24, 2.45) is 5.73 Å². The van der Waals surface area contributed by atoms with Crippen molar-refractivity contribution in [2.45, 2.75) is 38.5 Å². The minimum absolute atomic E-state index is 0.0334. The van der Waals surface area contributed by atoms with E-state index in [1.807, 2.05) is 78.9 Å². The summed E-state index contributed by atoms with van der Waals surface area (Å²) in [5, 5.41) is 8.66. The Bertz CT molecular complexity index is 1300. The van der Waals surface area contributed by atoms with E-state index in [0.29, 0.717) is 25.4 Å². The highest BCUT2D eigenvalue weighted by Gasteiger charge is 2.24. The number of aliphatic carboxylic acids is 1. The van der Waals surface area contributed by atoms with Gasteiger partial charge in [-0.15, -0.1) is 0 Å². The Morgan fingerprint density at radius 1 is 0.854 bits per heavy atom. The number of hydrogen-bond donors (Lipinski definition) is 3. The molecule has 3 rings (SSSR count). The summed E-state index contributed by atoms with van der Waals surface area (Å²) in [6.45, 7) is -0.159. The van der Waals surface area contributed by atoms with Crippen LogP contribution in [0.15, 0.2) is 78.9 Å². The second-order valence-corrected chi connectivity index (χ2v) is 10.4. The van der Waals surface area contributed by atoms with Gasteiger partial charge in [0.05, 0.1) is 19.8 Å². The summed E-state index contributed by atoms with van der Waals surface area (Å²) < 4.78 is 38.0. The number of carboxylic acid groups (broad SMARTS) is 1. The van der Waals surface area contributed by atoms with Crippen LogP contribution in [-0.2, 0) is 47.6 Å². The van der Waals surface area contributed by atoms with Gasteiger partial charge < -0.3 is 29.9 Å². The van der Waals surface area contributed by atoms with E-state index >= 15 is 0 Å². The molecule has 220 valence electrons. The van der Waals surface area contributed by atoms with Gasteiger partial charge >= 0.3 is 19.8 Å². The fourth-order valence-corrected chi connectivity index (χ4v) is 4.28. The lowest BCUT2D eigenvalue weighted by atomic mass is 10.1. The third kappa shape index (κ3) is 12.1. The third-order valence-electron chi connectivity index (χ3n) is 5.65. The molecular weight excluding hydrogens is 553 g/mol. The molecule has 41 heavy (non-hydrogen) atoms. The number of phosphoric acid groups is 1. The highest BCUT2D eigenvalue weighted by atomic mass is 31.2. The first-order chi connectivity index (χ1) is 19.7. The van der Waals surface area contributed by atoms with Gasteiger partial charge in [-0.3, -0.25) is 18.6 Å². The Kier molecular flexibility index (Phi) is 12.8. The predicted molar refractivity (Wildman–Crippen MR) is 149 cm³/mol. The van der Waals surface area contributed by atoms with E-state index in [9.17, 15) is 19.0 Å². The second-order valence-electron chi connectivity index (χ2n) is 8.93. The molecule has 4 N–H and O–H groups in total. The Morgan fingerprint density at radius 3 is 2.34 bits per heavy atom. The molecule has 0 aliphatic heterocycles. The highest BCUT2D eigenvalue weighted by Crippen LogP contribution is 2.43. The van der Waals surface area contributed by atoms with Gasteiger partial charge in [0.25, 0.3) is 0 Å². The number of ether oxygens (including phenoxy) is 3. The quantitative estimate of drug-likeness (QED) is 0.111. The van der Waals surface area contributed by atoms with Gasteiger partial charge in [0.2, 0.25) is 0 Å². The van der Waals surface area contributed by atoms with E-state index < -0.39 is 32.4 Å². The number of phosphoric ester groups is 1. The normalized spacial score (nSPS) is 13.1. The molecule has 0 bridgehead atoms. The van der Waals surface area contributed by atoms with E-state index in [1.165, 1.54) is 0 Å². The van der Waals surface area contributed by atoms with Crippen LogP contribution < -0.4 is 15.2 Å². The summed E-state index contributed by atoms with van der Waals surface area (Å²) >= 11 is 0. The fraction of sp³-hybridized carbons (Fsp3) is 0.310. The molecule has 0 heterocycles. The number of benzene rings is 3. The average Bonchev–Trinajstić information content (AvgIpc) is 2.97. The van der Waals surface area contributed by atoms with Crippen molar-refractivity contribution in [1.29, 1.82) is 0 Å². The van der Waals surface area contributed by atoms with Crippen molar-refractivity contribution < 1.29 is 47.4 Å². The standard InChI is InChI=1S/C29H34NO10P/c30-26(29(32)33)21-40-41(34,35)39-17-7-16-36-28(31)15-14-24-11-4-5-13-27(24)38-20-23-10-6-12-25(18-23)37-19-22-8-2-1-3-9-22/h1-6,8-13,18,26H,7,14-17,19-21,30H2,(H,32,33)(H,34,35)/t26-/m0/s1. The van der Waals surface area contributed by atoms with Crippen LogP contribution >= 0.6 is 7.82 Å². The minimum atomic E-state index is -4.46. The molecular formula is C29H34NO10P. The van der Waals surface area contributed by atoms with Gasteiger partial charge in [-0.25, -0.2) is 4.57 Å². The van der Waals surface area contributed by atoms with Crippen LogP contribution in [0.4, 0.5) is 0 Å². The number of esters is 1. The summed E-state index contributed by atoms with van der Waals surface area (Å²) in [7, 11) is -4.46. The molecule has 3 aromatic rings. The summed E-state index contributed by atoms with van der Waals surface area (Å²) in [4.78, 5) is 32.3. The molecule has 0 saturated heterocycles. The number of hydrogen-bond acceptors (Lipinski definition) is 9. The van der Waals surface area contributed by atoms with Crippen LogP contribution in [0.25, 0.3) is 0 Å². The van der Waals surface area contributed by atoms with Crippen molar-refractivity contribution in [3.8, 4) is 11.5 Å². The van der Waals surface area contributed by atoms with Crippen LogP contribution in [0, 0.1) is 0 Å². The molecule has 0 aliphatic carbocycles. The Labute approximate surface area is 238 Å². The van der Waals surface area contributed by atoms with Gasteiger partial charge in [-0.1, -0.05) is 60.7 Å². The number of nitrogens with two attached hydrogens (primary N) is 1. The van der Waals surface area contributed by atoms with E-state index in [-0.39, 0.29) is 26.1 Å². The molecule has 0 saturated carbocycles. The van der Waals surface area contributed by atoms with Crippen molar-refractivity contribution >= 4 is 19.8 Å². The Balaban J connectivity index is 1.37. The van der Waals surface area contributed by atoms with Gasteiger partial charge in [0, 0.05) is 12.8 Å². The second kappa shape index (κ2) is 16.5. The number of carboxylic acids is 1. The van der Waals surface area contributed by atoms with E-state index in [2.05, 4.69) is 4.52 Å². The van der Waals surface area contributed by atoms with Gasteiger partial charge in [-0.05, 0) is 41.3 Å². The molecule has 0 radical (unpaired) electrons. The fourth-order valence-electron chi connectivity index (χ4n) is 3.50. The van der Waals surface area contributed by atoms with Crippen LogP contribution in [0.5, 0.6) is 11.5 Å². The summed E-state index contributed by atoms with van der Waals surface area (Å²) in [6, 6.07) is 23.6. The first-order valence-electron chi connectivity index (χ1n) is 12.9. The summed E-state index contributed by atoms with van der Waals surface area (Å²) in [5.41, 5.74) is 8.08. The molecule has 0 fully saturated rings. The molecule has 0 spiro atoms. The molecule has 3 aromatic carbocycles. The summed E-state index contributed by atoms with van der Waals surface area (Å²) in [6.07, 6.45) is 0.645. The maximum atomic E-state index is 12.2. The smallest absolute Gasteiger partial charge is 0.472 e. The molecule has 0 amide bonds.